The number of amidine groups is 1. The van der Waals surface area contributed by atoms with Gasteiger partial charge in [0.05, 0.1) is 23.5 Å². The van der Waals surface area contributed by atoms with Crippen LogP contribution in [0, 0.1) is 6.92 Å². The van der Waals surface area contributed by atoms with Crippen molar-refractivity contribution in [2.45, 2.75) is 19.8 Å². The summed E-state index contributed by atoms with van der Waals surface area (Å²) in [5, 5.41) is 4.15. The second kappa shape index (κ2) is 9.07. The Labute approximate surface area is 182 Å². The van der Waals surface area contributed by atoms with Crippen LogP contribution in [0.2, 0.25) is 5.02 Å². The summed E-state index contributed by atoms with van der Waals surface area (Å²) in [5.41, 5.74) is 3.35. The molecule has 1 saturated heterocycles. The van der Waals surface area contributed by atoms with Crippen molar-refractivity contribution < 1.29 is 4.79 Å². The molecule has 4 rings (SSSR count). The third kappa shape index (κ3) is 4.86. The molecule has 0 aliphatic carbocycles. The van der Waals surface area contributed by atoms with Gasteiger partial charge in [0.2, 0.25) is 5.91 Å². The van der Waals surface area contributed by atoms with Gasteiger partial charge < -0.3 is 0 Å². The maximum atomic E-state index is 13.0. The maximum absolute atomic E-state index is 13.0. The second-order valence-electron chi connectivity index (χ2n) is 6.61. The number of rotatable bonds is 4. The van der Waals surface area contributed by atoms with Gasteiger partial charge in [-0.15, -0.1) is 11.3 Å². The fourth-order valence-corrected chi connectivity index (χ4v) is 4.84. The van der Waals surface area contributed by atoms with Gasteiger partial charge in [-0.05, 0) is 43.2 Å². The van der Waals surface area contributed by atoms with Crippen LogP contribution in [0.25, 0.3) is 10.7 Å². The molecule has 0 radical (unpaired) electrons. The molecular weight excluding hydrogens is 424 g/mol. The van der Waals surface area contributed by atoms with Crippen molar-refractivity contribution in [1.82, 2.24) is 14.9 Å². The molecule has 1 fully saturated rings. The number of aromatic nitrogens is 2. The normalized spacial score (nSPS) is 15.7. The van der Waals surface area contributed by atoms with Crippen molar-refractivity contribution in [3.8, 4) is 10.7 Å². The van der Waals surface area contributed by atoms with E-state index in [1.165, 1.54) is 11.3 Å². The van der Waals surface area contributed by atoms with Crippen LogP contribution in [0.3, 0.4) is 0 Å². The van der Waals surface area contributed by atoms with Crippen LogP contribution in [-0.2, 0) is 11.2 Å². The molecule has 3 heterocycles. The Morgan fingerprint density at radius 1 is 1.31 bits per heavy atom. The van der Waals surface area contributed by atoms with Gasteiger partial charge in [-0.3, -0.25) is 14.7 Å². The molecule has 1 aliphatic heterocycles. The number of nitrogens with zero attached hydrogens (tertiary/aromatic N) is 4. The molecule has 29 heavy (non-hydrogen) atoms. The van der Waals surface area contributed by atoms with Crippen molar-refractivity contribution in [2.24, 2.45) is 4.99 Å². The number of pyridine rings is 1. The van der Waals surface area contributed by atoms with Gasteiger partial charge in [0.25, 0.3) is 0 Å². The number of thiazole rings is 1. The molecular formula is C21H19ClN4OS2. The first-order valence-corrected chi connectivity index (χ1v) is 11.5. The zero-order valence-electron chi connectivity index (χ0n) is 15.8. The molecule has 1 aromatic carbocycles. The third-order valence-corrected chi connectivity index (χ3v) is 6.82. The van der Waals surface area contributed by atoms with E-state index in [1.807, 2.05) is 48.7 Å². The van der Waals surface area contributed by atoms with Crippen LogP contribution in [0.15, 0.2) is 53.0 Å². The number of hydrogen-bond donors (Lipinski definition) is 0. The first-order valence-electron chi connectivity index (χ1n) is 9.24. The molecule has 148 valence electrons. The largest absolute Gasteiger partial charge is 0.291 e. The van der Waals surface area contributed by atoms with Crippen LogP contribution < -0.4 is 0 Å². The fraction of sp³-hybridized carbons (Fsp3) is 0.238. The Kier molecular flexibility index (Phi) is 6.28. The van der Waals surface area contributed by atoms with Crippen molar-refractivity contribution in [3.63, 3.8) is 0 Å². The Morgan fingerprint density at radius 3 is 3.00 bits per heavy atom. The van der Waals surface area contributed by atoms with E-state index in [1.54, 1.807) is 22.9 Å². The highest BCUT2D eigenvalue weighted by molar-refractivity contribution is 8.13. The van der Waals surface area contributed by atoms with E-state index >= 15 is 0 Å². The Hall–Kier alpha value is -2.22. The lowest BCUT2D eigenvalue weighted by Gasteiger charge is -2.27. The predicted molar refractivity (Wildman–Crippen MR) is 121 cm³/mol. The summed E-state index contributed by atoms with van der Waals surface area (Å²) in [6.07, 6.45) is 2.94. The van der Waals surface area contributed by atoms with Gasteiger partial charge in [-0.1, -0.05) is 35.5 Å². The van der Waals surface area contributed by atoms with Crippen molar-refractivity contribution in [2.75, 3.05) is 12.3 Å². The predicted octanol–water partition coefficient (Wildman–Crippen LogP) is 5.36. The summed E-state index contributed by atoms with van der Waals surface area (Å²) in [6.45, 7) is 2.62. The summed E-state index contributed by atoms with van der Waals surface area (Å²) in [7, 11) is 0. The summed E-state index contributed by atoms with van der Waals surface area (Å²) in [6, 6.07) is 11.4. The SMILES string of the molecule is Cc1ccc(N=C2SCCCN2C(=O)Cc2csc(-c3ccccn3)n2)cc1Cl. The minimum absolute atomic E-state index is 0.00651. The number of carbonyl (C=O) groups excluding carboxylic acids is 1. The Bertz CT molecular complexity index is 1050. The highest BCUT2D eigenvalue weighted by Gasteiger charge is 2.24. The lowest BCUT2D eigenvalue weighted by atomic mass is 10.2. The molecule has 8 heteroatoms. The van der Waals surface area contributed by atoms with Crippen molar-refractivity contribution in [3.05, 3.63) is 64.3 Å². The van der Waals surface area contributed by atoms with Gasteiger partial charge in [0.1, 0.15) is 5.01 Å². The maximum Gasteiger partial charge on any atom is 0.234 e. The fourth-order valence-electron chi connectivity index (χ4n) is 2.89. The highest BCUT2D eigenvalue weighted by atomic mass is 35.5. The molecule has 0 atom stereocenters. The highest BCUT2D eigenvalue weighted by Crippen LogP contribution is 2.27. The monoisotopic (exact) mass is 442 g/mol. The summed E-state index contributed by atoms with van der Waals surface area (Å²) in [5.74, 6) is 0.954. The molecule has 0 N–H and O–H groups in total. The number of thioether (sulfide) groups is 1. The summed E-state index contributed by atoms with van der Waals surface area (Å²) in [4.78, 5) is 28.4. The van der Waals surface area contributed by atoms with Crippen LogP contribution in [0.5, 0.6) is 0 Å². The van der Waals surface area contributed by atoms with E-state index in [2.05, 4.69) is 15.0 Å². The molecule has 1 amide bonds. The smallest absolute Gasteiger partial charge is 0.234 e. The number of aliphatic imine (C=N–C) groups is 1. The molecule has 0 bridgehead atoms. The number of amides is 1. The number of benzene rings is 1. The lowest BCUT2D eigenvalue weighted by molar-refractivity contribution is -0.126. The molecule has 0 saturated carbocycles. The average molecular weight is 443 g/mol. The molecule has 3 aromatic rings. The van der Waals surface area contributed by atoms with Crippen LogP contribution >= 0.6 is 34.7 Å². The summed E-state index contributed by atoms with van der Waals surface area (Å²) < 4.78 is 0. The molecule has 1 aliphatic rings. The summed E-state index contributed by atoms with van der Waals surface area (Å²) >= 11 is 9.33. The molecule has 0 unspecified atom stereocenters. The van der Waals surface area contributed by atoms with Gasteiger partial charge >= 0.3 is 0 Å². The van der Waals surface area contributed by atoms with E-state index < -0.39 is 0 Å². The van der Waals surface area contributed by atoms with E-state index in [-0.39, 0.29) is 12.3 Å². The zero-order valence-corrected chi connectivity index (χ0v) is 18.2. The standard InChI is InChI=1S/C21H19ClN4OS2/c1-14-6-7-15(11-17(14)22)25-21-26(9-4-10-28-21)19(27)12-16-13-29-20(24-16)18-5-2-3-8-23-18/h2-3,5-8,11,13H,4,9-10,12H2,1H3. The van der Waals surface area contributed by atoms with E-state index in [4.69, 9.17) is 11.6 Å². The Morgan fingerprint density at radius 2 is 2.21 bits per heavy atom. The Balaban J connectivity index is 1.51. The average Bonchev–Trinajstić information content (AvgIpc) is 3.20. The quantitative estimate of drug-likeness (QED) is 0.545. The number of hydrogen-bond acceptors (Lipinski definition) is 6. The van der Waals surface area contributed by atoms with Gasteiger partial charge in [-0.25, -0.2) is 9.98 Å². The van der Waals surface area contributed by atoms with Gasteiger partial charge in [-0.2, -0.15) is 0 Å². The van der Waals surface area contributed by atoms with Crippen LogP contribution in [-0.4, -0.2) is 38.2 Å². The molecule has 2 aromatic heterocycles. The first kappa shape index (κ1) is 20.1. The minimum Gasteiger partial charge on any atom is -0.291 e. The topological polar surface area (TPSA) is 58.5 Å². The minimum atomic E-state index is 0.00651. The van der Waals surface area contributed by atoms with Gasteiger partial charge in [0.15, 0.2) is 5.17 Å². The van der Waals surface area contributed by atoms with Crippen molar-refractivity contribution >= 4 is 51.5 Å². The van der Waals surface area contributed by atoms with E-state index in [0.29, 0.717) is 11.6 Å². The van der Waals surface area contributed by atoms with Crippen LogP contribution in [0.4, 0.5) is 5.69 Å². The van der Waals surface area contributed by atoms with E-state index in [0.717, 1.165) is 45.0 Å². The number of aryl methyl sites for hydroxylation is 1. The third-order valence-electron chi connectivity index (χ3n) is 4.44. The van der Waals surface area contributed by atoms with Crippen molar-refractivity contribution in [1.29, 1.82) is 0 Å². The second-order valence-corrected chi connectivity index (χ2v) is 8.94. The molecule has 0 spiro atoms. The number of halogens is 1. The zero-order chi connectivity index (χ0) is 20.2. The molecule has 5 nitrogen and oxygen atoms in total. The van der Waals surface area contributed by atoms with Gasteiger partial charge in [0, 0.05) is 28.9 Å². The lowest BCUT2D eigenvalue weighted by Crippen LogP contribution is -2.40. The van der Waals surface area contributed by atoms with Crippen LogP contribution in [0.1, 0.15) is 17.7 Å². The number of carbonyl (C=O) groups is 1. The van der Waals surface area contributed by atoms with E-state index in [9.17, 15) is 4.79 Å². The first-order chi connectivity index (χ1) is 14.1.